The summed E-state index contributed by atoms with van der Waals surface area (Å²) < 4.78 is 13.2. The average Bonchev–Trinajstić information content (AvgIpc) is 3.13. The van der Waals surface area contributed by atoms with E-state index < -0.39 is 10.7 Å². The van der Waals surface area contributed by atoms with Gasteiger partial charge in [-0.15, -0.1) is 0 Å². The van der Waals surface area contributed by atoms with Crippen LogP contribution in [0, 0.1) is 27.8 Å². The summed E-state index contributed by atoms with van der Waals surface area (Å²) in [5.74, 6) is 0.380. The van der Waals surface area contributed by atoms with Crippen LogP contribution in [0.2, 0.25) is 5.02 Å². The highest BCUT2D eigenvalue weighted by Crippen LogP contribution is 2.37. The summed E-state index contributed by atoms with van der Waals surface area (Å²) >= 11 is 5.64. The molecule has 1 atom stereocenters. The summed E-state index contributed by atoms with van der Waals surface area (Å²) in [5, 5.41) is 13.7. The lowest BCUT2D eigenvalue weighted by atomic mass is 10.1. The van der Waals surface area contributed by atoms with Crippen LogP contribution in [0.1, 0.15) is 19.8 Å². The van der Waals surface area contributed by atoms with Crippen LogP contribution in [-0.4, -0.2) is 11.5 Å². The van der Waals surface area contributed by atoms with E-state index in [2.05, 4.69) is 12.2 Å². The van der Waals surface area contributed by atoms with Gasteiger partial charge in [-0.1, -0.05) is 18.5 Å². The fourth-order valence-electron chi connectivity index (χ4n) is 1.93. The Hall–Kier alpha value is -1.36. The van der Waals surface area contributed by atoms with Gasteiger partial charge in [0.2, 0.25) is 0 Å². The van der Waals surface area contributed by atoms with Crippen LogP contribution in [-0.2, 0) is 0 Å². The minimum absolute atomic E-state index is 0.109. The van der Waals surface area contributed by atoms with Crippen molar-refractivity contribution in [2.75, 3.05) is 11.9 Å². The molecule has 6 heteroatoms. The molecular formula is C12H14ClFN2O2. The second kappa shape index (κ2) is 5.10. The van der Waals surface area contributed by atoms with Crippen LogP contribution < -0.4 is 5.32 Å². The number of nitro groups is 1. The first-order valence-corrected chi connectivity index (χ1v) is 6.24. The predicted octanol–water partition coefficient (Wildman–Crippen LogP) is 3.85. The molecule has 1 fully saturated rings. The molecule has 1 aliphatic carbocycles. The Labute approximate surface area is 109 Å². The van der Waals surface area contributed by atoms with Crippen LogP contribution >= 0.6 is 11.6 Å². The Bertz CT molecular complexity index is 477. The van der Waals surface area contributed by atoms with Crippen LogP contribution in [0.25, 0.3) is 0 Å². The van der Waals surface area contributed by atoms with Gasteiger partial charge in [-0.05, 0) is 30.7 Å². The van der Waals surface area contributed by atoms with E-state index in [1.807, 2.05) is 0 Å². The Morgan fingerprint density at radius 1 is 1.61 bits per heavy atom. The zero-order valence-corrected chi connectivity index (χ0v) is 10.7. The standard InChI is InChI=1S/C12H14ClFN2O2/c1-7(8-2-3-8)6-15-11-4-9(13)10(14)5-12(11)16(17)18/h4-5,7-8,15H,2-3,6H2,1H3. The summed E-state index contributed by atoms with van der Waals surface area (Å²) in [5.41, 5.74) is -0.00111. The SMILES string of the molecule is CC(CNc1cc(Cl)c(F)cc1[N+](=O)[O-])C1CC1. The molecule has 1 saturated carbocycles. The lowest BCUT2D eigenvalue weighted by molar-refractivity contribution is -0.384. The number of nitrogens with one attached hydrogen (secondary N) is 1. The first kappa shape index (κ1) is 13.1. The van der Waals surface area contributed by atoms with Crippen LogP contribution in [0.3, 0.4) is 0 Å². The maximum Gasteiger partial charge on any atom is 0.295 e. The monoisotopic (exact) mass is 272 g/mol. The number of rotatable bonds is 5. The summed E-state index contributed by atoms with van der Waals surface area (Å²) in [7, 11) is 0. The number of hydrogen-bond donors (Lipinski definition) is 1. The summed E-state index contributed by atoms with van der Waals surface area (Å²) in [6, 6.07) is 2.13. The van der Waals surface area contributed by atoms with Gasteiger partial charge in [0.15, 0.2) is 0 Å². The molecule has 1 aromatic rings. The van der Waals surface area contributed by atoms with Crippen molar-refractivity contribution in [2.24, 2.45) is 11.8 Å². The minimum Gasteiger partial charge on any atom is -0.379 e. The third kappa shape index (κ3) is 2.90. The van der Waals surface area contributed by atoms with Gasteiger partial charge in [-0.3, -0.25) is 10.1 Å². The van der Waals surface area contributed by atoms with Crippen molar-refractivity contribution >= 4 is 23.0 Å². The molecular weight excluding hydrogens is 259 g/mol. The maximum absolute atomic E-state index is 13.2. The molecule has 1 unspecified atom stereocenters. The fourth-order valence-corrected chi connectivity index (χ4v) is 2.10. The first-order valence-electron chi connectivity index (χ1n) is 5.86. The average molecular weight is 273 g/mol. The Morgan fingerprint density at radius 2 is 2.28 bits per heavy atom. The van der Waals surface area contributed by atoms with E-state index in [0.717, 1.165) is 6.07 Å². The van der Waals surface area contributed by atoms with Gasteiger partial charge < -0.3 is 5.32 Å². The van der Waals surface area contributed by atoms with Crippen molar-refractivity contribution in [2.45, 2.75) is 19.8 Å². The number of benzene rings is 1. The number of hydrogen-bond acceptors (Lipinski definition) is 3. The fraction of sp³-hybridized carbons (Fsp3) is 0.500. The third-order valence-electron chi connectivity index (χ3n) is 3.28. The summed E-state index contributed by atoms with van der Waals surface area (Å²) in [4.78, 5) is 10.2. The normalized spacial score (nSPS) is 16.4. The highest BCUT2D eigenvalue weighted by Gasteiger charge is 2.28. The van der Waals surface area contributed by atoms with Gasteiger partial charge in [0, 0.05) is 6.54 Å². The molecule has 0 heterocycles. The van der Waals surface area contributed by atoms with E-state index in [-0.39, 0.29) is 16.4 Å². The van der Waals surface area contributed by atoms with Crippen LogP contribution in [0.15, 0.2) is 12.1 Å². The molecule has 1 N–H and O–H groups in total. The maximum atomic E-state index is 13.2. The van der Waals surface area contributed by atoms with E-state index in [1.54, 1.807) is 0 Å². The number of anilines is 1. The van der Waals surface area contributed by atoms with E-state index in [9.17, 15) is 14.5 Å². The van der Waals surface area contributed by atoms with Gasteiger partial charge in [-0.25, -0.2) is 4.39 Å². The molecule has 2 rings (SSSR count). The molecule has 0 spiro atoms. The van der Waals surface area contributed by atoms with Gasteiger partial charge in [0.05, 0.1) is 16.0 Å². The largest absolute Gasteiger partial charge is 0.379 e. The molecule has 0 aliphatic heterocycles. The smallest absolute Gasteiger partial charge is 0.295 e. The van der Waals surface area contributed by atoms with Crippen molar-refractivity contribution in [3.8, 4) is 0 Å². The lowest BCUT2D eigenvalue weighted by Gasteiger charge is -2.13. The molecule has 0 bridgehead atoms. The van der Waals surface area contributed by atoms with E-state index >= 15 is 0 Å². The molecule has 1 aliphatic rings. The van der Waals surface area contributed by atoms with Gasteiger partial charge in [-0.2, -0.15) is 0 Å². The zero-order valence-electron chi connectivity index (χ0n) is 9.95. The van der Waals surface area contributed by atoms with Gasteiger partial charge >= 0.3 is 0 Å². The predicted molar refractivity (Wildman–Crippen MR) is 68.4 cm³/mol. The Balaban J connectivity index is 2.14. The molecule has 4 nitrogen and oxygen atoms in total. The third-order valence-corrected chi connectivity index (χ3v) is 3.57. The topological polar surface area (TPSA) is 55.2 Å². The molecule has 0 amide bonds. The molecule has 0 radical (unpaired) electrons. The molecule has 0 saturated heterocycles. The molecule has 1 aromatic carbocycles. The van der Waals surface area contributed by atoms with Crippen molar-refractivity contribution in [1.82, 2.24) is 0 Å². The Kier molecular flexibility index (Phi) is 3.71. The first-order chi connectivity index (χ1) is 8.49. The molecule has 18 heavy (non-hydrogen) atoms. The van der Waals surface area contributed by atoms with Gasteiger partial charge in [0.25, 0.3) is 5.69 Å². The van der Waals surface area contributed by atoms with Crippen molar-refractivity contribution in [1.29, 1.82) is 0 Å². The lowest BCUT2D eigenvalue weighted by Crippen LogP contribution is -2.14. The van der Waals surface area contributed by atoms with Crippen molar-refractivity contribution < 1.29 is 9.31 Å². The molecule has 0 aromatic heterocycles. The number of halogens is 2. The Morgan fingerprint density at radius 3 is 2.83 bits per heavy atom. The van der Waals surface area contributed by atoms with Crippen LogP contribution in [0.4, 0.5) is 15.8 Å². The van der Waals surface area contributed by atoms with Gasteiger partial charge in [0.1, 0.15) is 11.5 Å². The summed E-state index contributed by atoms with van der Waals surface area (Å²) in [6.45, 7) is 2.73. The summed E-state index contributed by atoms with van der Waals surface area (Å²) in [6.07, 6.45) is 2.43. The number of nitrogens with zero attached hydrogens (tertiary/aromatic N) is 1. The van der Waals surface area contributed by atoms with E-state index in [4.69, 9.17) is 11.6 Å². The van der Waals surface area contributed by atoms with Crippen LogP contribution in [0.5, 0.6) is 0 Å². The van der Waals surface area contributed by atoms with E-state index in [0.29, 0.717) is 18.4 Å². The van der Waals surface area contributed by atoms with E-state index in [1.165, 1.54) is 18.9 Å². The zero-order chi connectivity index (χ0) is 13.3. The van der Waals surface area contributed by atoms with Crippen molar-refractivity contribution in [3.05, 3.63) is 33.1 Å². The quantitative estimate of drug-likeness (QED) is 0.654. The minimum atomic E-state index is -0.774. The van der Waals surface area contributed by atoms with Crippen molar-refractivity contribution in [3.63, 3.8) is 0 Å². The highest BCUT2D eigenvalue weighted by atomic mass is 35.5. The second-order valence-corrected chi connectivity index (χ2v) is 5.14. The second-order valence-electron chi connectivity index (χ2n) is 4.74. The number of nitro benzene ring substituents is 1. The highest BCUT2D eigenvalue weighted by molar-refractivity contribution is 6.31. The molecule has 98 valence electrons.